The summed E-state index contributed by atoms with van der Waals surface area (Å²) >= 11 is 0. The molecule has 1 amide bonds. The number of amides is 1. The topological polar surface area (TPSA) is 54.5 Å². The van der Waals surface area contributed by atoms with Crippen molar-refractivity contribution in [2.45, 2.75) is 51.0 Å². The van der Waals surface area contributed by atoms with Crippen LogP contribution < -0.4 is 5.32 Å². The fourth-order valence-electron chi connectivity index (χ4n) is 5.74. The second-order valence-corrected chi connectivity index (χ2v) is 9.80. The van der Waals surface area contributed by atoms with Gasteiger partial charge in [-0.05, 0) is 73.7 Å². The van der Waals surface area contributed by atoms with Crippen molar-refractivity contribution in [2.24, 2.45) is 5.92 Å². The van der Waals surface area contributed by atoms with Gasteiger partial charge in [0.15, 0.2) is 11.6 Å². The molecule has 7 heteroatoms. The van der Waals surface area contributed by atoms with Crippen LogP contribution in [0.15, 0.2) is 42.6 Å². The predicted molar refractivity (Wildman–Crippen MR) is 124 cm³/mol. The fourth-order valence-corrected chi connectivity index (χ4v) is 5.74. The van der Waals surface area contributed by atoms with Gasteiger partial charge in [0, 0.05) is 30.7 Å². The Bertz CT molecular complexity index is 1290. The normalized spacial score (nSPS) is 23.9. The molecule has 2 atom stereocenters. The number of carbonyl (C=O) groups is 1. The van der Waals surface area contributed by atoms with Gasteiger partial charge in [-0.25, -0.2) is 8.78 Å². The molecule has 1 N–H and O–H groups in total. The van der Waals surface area contributed by atoms with Gasteiger partial charge in [0.05, 0.1) is 18.0 Å². The first-order valence-electron chi connectivity index (χ1n) is 11.9. The molecule has 2 aromatic carbocycles. The first kappa shape index (κ1) is 21.6. The molecule has 5 nitrogen and oxygen atoms in total. The van der Waals surface area contributed by atoms with E-state index in [0.717, 1.165) is 34.9 Å². The van der Waals surface area contributed by atoms with Gasteiger partial charge in [0.25, 0.3) is 0 Å². The van der Waals surface area contributed by atoms with E-state index in [-0.39, 0.29) is 18.6 Å². The molecule has 3 heterocycles. The molecule has 2 aliphatic heterocycles. The van der Waals surface area contributed by atoms with Gasteiger partial charge >= 0.3 is 0 Å². The van der Waals surface area contributed by atoms with Crippen LogP contribution in [0.25, 0.3) is 10.9 Å². The summed E-state index contributed by atoms with van der Waals surface area (Å²) in [5.74, 6) is -2.30. The number of aromatic nitrogens is 1. The summed E-state index contributed by atoms with van der Waals surface area (Å²) in [5.41, 5.74) is 3.36. The largest absolute Gasteiger partial charge is 0.365 e. The minimum Gasteiger partial charge on any atom is -0.365 e. The van der Waals surface area contributed by atoms with E-state index in [0.29, 0.717) is 37.2 Å². The zero-order valence-corrected chi connectivity index (χ0v) is 19.1. The number of ether oxygens (including phenoxy) is 1. The zero-order valence-electron chi connectivity index (χ0n) is 19.1. The highest BCUT2D eigenvalue weighted by molar-refractivity contribution is 5.85. The number of nitrogens with zero attached hydrogens (tertiary/aromatic N) is 2. The van der Waals surface area contributed by atoms with Gasteiger partial charge in [0.1, 0.15) is 5.60 Å². The van der Waals surface area contributed by atoms with Gasteiger partial charge in [-0.1, -0.05) is 17.7 Å². The van der Waals surface area contributed by atoms with Gasteiger partial charge in [0.2, 0.25) is 5.91 Å². The molecule has 6 rings (SSSR count). The number of rotatable bonds is 4. The van der Waals surface area contributed by atoms with Crippen LogP contribution in [0.1, 0.15) is 41.5 Å². The SMILES string of the molecule is Cc1cc(CN(C(=O)C2CNCCC23OCc2cc(F)c(F)cc23)C2CC2)c2ncccc2c1. The van der Waals surface area contributed by atoms with Crippen molar-refractivity contribution in [1.29, 1.82) is 0 Å². The summed E-state index contributed by atoms with van der Waals surface area (Å²) in [5, 5.41) is 4.39. The van der Waals surface area contributed by atoms with Crippen molar-refractivity contribution < 1.29 is 18.3 Å². The molecular formula is C27H27F2N3O2. The molecule has 1 spiro atoms. The third-order valence-electron chi connectivity index (χ3n) is 7.51. The minimum absolute atomic E-state index is 0.00197. The number of aryl methyl sites for hydroxylation is 1. The summed E-state index contributed by atoms with van der Waals surface area (Å²) in [6, 6.07) is 10.8. The average molecular weight is 464 g/mol. The third-order valence-corrected chi connectivity index (χ3v) is 7.51. The second-order valence-electron chi connectivity index (χ2n) is 9.80. The highest BCUT2D eigenvalue weighted by Gasteiger charge is 2.53. The number of pyridine rings is 1. The second kappa shape index (κ2) is 8.10. The lowest BCUT2D eigenvalue weighted by Gasteiger charge is -2.43. The standard InChI is InChI=1S/C27H27F2N3O2/c1-16-9-17-3-2-7-31-25(17)18(10-16)14-32(20-4-5-20)26(33)22-13-30-8-6-27(22)21-12-24(29)23(28)11-19(21)15-34-27/h2-3,7,9-12,20,22,30H,4-6,8,13-15H2,1H3. The summed E-state index contributed by atoms with van der Waals surface area (Å²) < 4.78 is 34.4. The first-order chi connectivity index (χ1) is 16.5. The Morgan fingerprint density at radius 2 is 2.06 bits per heavy atom. The van der Waals surface area contributed by atoms with Gasteiger partial charge in [-0.2, -0.15) is 0 Å². The molecule has 3 aromatic rings. The molecule has 176 valence electrons. The Morgan fingerprint density at radius 3 is 2.88 bits per heavy atom. The van der Waals surface area contributed by atoms with Crippen LogP contribution in [0.5, 0.6) is 0 Å². The quantitative estimate of drug-likeness (QED) is 0.625. The Kier molecular flexibility index (Phi) is 5.15. The van der Waals surface area contributed by atoms with Gasteiger partial charge < -0.3 is 15.0 Å². The monoisotopic (exact) mass is 463 g/mol. The van der Waals surface area contributed by atoms with Gasteiger partial charge in [-0.15, -0.1) is 0 Å². The molecule has 2 fully saturated rings. The van der Waals surface area contributed by atoms with Crippen LogP contribution in [-0.2, 0) is 28.3 Å². The lowest BCUT2D eigenvalue weighted by molar-refractivity contribution is -0.157. The maximum absolute atomic E-state index is 14.3. The van der Waals surface area contributed by atoms with Crippen molar-refractivity contribution in [3.05, 3.63) is 76.5 Å². The third kappa shape index (κ3) is 3.49. The van der Waals surface area contributed by atoms with Crippen LogP contribution in [0.2, 0.25) is 0 Å². The summed E-state index contributed by atoms with van der Waals surface area (Å²) in [7, 11) is 0. The molecular weight excluding hydrogens is 436 g/mol. The van der Waals surface area contributed by atoms with E-state index in [1.54, 1.807) is 6.20 Å². The Morgan fingerprint density at radius 1 is 1.24 bits per heavy atom. The lowest BCUT2D eigenvalue weighted by Crippen LogP contribution is -2.55. The van der Waals surface area contributed by atoms with E-state index in [1.807, 2.05) is 17.0 Å². The average Bonchev–Trinajstić information content (AvgIpc) is 3.62. The Labute approximate surface area is 197 Å². The van der Waals surface area contributed by atoms with Crippen molar-refractivity contribution in [3.63, 3.8) is 0 Å². The van der Waals surface area contributed by atoms with E-state index in [4.69, 9.17) is 4.74 Å². The summed E-state index contributed by atoms with van der Waals surface area (Å²) in [6.45, 7) is 3.80. The maximum Gasteiger partial charge on any atom is 0.230 e. The fraction of sp³-hybridized carbons (Fsp3) is 0.407. The molecule has 34 heavy (non-hydrogen) atoms. The van der Waals surface area contributed by atoms with Crippen LogP contribution in [0.3, 0.4) is 0 Å². The molecule has 1 saturated carbocycles. The summed E-state index contributed by atoms with van der Waals surface area (Å²) in [6.07, 6.45) is 4.25. The van der Waals surface area contributed by atoms with E-state index >= 15 is 0 Å². The van der Waals surface area contributed by atoms with Crippen LogP contribution in [0, 0.1) is 24.5 Å². The summed E-state index contributed by atoms with van der Waals surface area (Å²) in [4.78, 5) is 20.7. The van der Waals surface area contributed by atoms with E-state index in [9.17, 15) is 13.6 Å². The molecule has 2 unspecified atom stereocenters. The zero-order chi connectivity index (χ0) is 23.4. The van der Waals surface area contributed by atoms with Crippen molar-refractivity contribution in [1.82, 2.24) is 15.2 Å². The number of carbonyl (C=O) groups excluding carboxylic acids is 1. The molecule has 3 aliphatic rings. The van der Waals surface area contributed by atoms with Crippen LogP contribution >= 0.6 is 0 Å². The molecule has 1 aromatic heterocycles. The number of hydrogen-bond donors (Lipinski definition) is 1. The van der Waals surface area contributed by atoms with E-state index in [1.165, 1.54) is 12.1 Å². The predicted octanol–water partition coefficient (Wildman–Crippen LogP) is 4.35. The maximum atomic E-state index is 14.3. The highest BCUT2D eigenvalue weighted by atomic mass is 19.2. The number of hydrogen-bond acceptors (Lipinski definition) is 4. The molecule has 1 saturated heterocycles. The van der Waals surface area contributed by atoms with Crippen molar-refractivity contribution >= 4 is 16.8 Å². The van der Waals surface area contributed by atoms with Crippen LogP contribution in [-0.4, -0.2) is 34.9 Å². The minimum atomic E-state index is -0.938. The van der Waals surface area contributed by atoms with Crippen LogP contribution in [0.4, 0.5) is 8.78 Å². The number of piperidine rings is 1. The van der Waals surface area contributed by atoms with Gasteiger partial charge in [-0.3, -0.25) is 9.78 Å². The Hall–Kier alpha value is -2.90. The number of benzene rings is 2. The highest BCUT2D eigenvalue weighted by Crippen LogP contribution is 2.48. The molecule has 0 bridgehead atoms. The number of halogens is 2. The number of nitrogens with one attached hydrogen (secondary N) is 1. The van der Waals surface area contributed by atoms with Crippen molar-refractivity contribution in [3.8, 4) is 0 Å². The Balaban J connectivity index is 1.38. The van der Waals surface area contributed by atoms with Crippen molar-refractivity contribution in [2.75, 3.05) is 13.1 Å². The van der Waals surface area contributed by atoms with E-state index < -0.39 is 23.2 Å². The lowest BCUT2D eigenvalue weighted by atomic mass is 9.75. The smallest absolute Gasteiger partial charge is 0.230 e. The van der Waals surface area contributed by atoms with E-state index in [2.05, 4.69) is 29.4 Å². The number of fused-ring (bicyclic) bond motifs is 3. The molecule has 0 radical (unpaired) electrons. The molecule has 1 aliphatic carbocycles. The first-order valence-corrected chi connectivity index (χ1v) is 11.9.